The first-order valence-electron chi connectivity index (χ1n) is 7.20. The first-order chi connectivity index (χ1) is 8.73. The van der Waals surface area contributed by atoms with E-state index in [4.69, 9.17) is 0 Å². The third kappa shape index (κ3) is 6.57. The number of rotatable bonds is 1. The molecule has 0 nitrogen and oxygen atoms in total. The third-order valence-electron chi connectivity index (χ3n) is 3.04. The molecule has 0 saturated carbocycles. The van der Waals surface area contributed by atoms with Crippen LogP contribution in [0.5, 0.6) is 0 Å². The van der Waals surface area contributed by atoms with E-state index in [0.29, 0.717) is 10.3 Å². The summed E-state index contributed by atoms with van der Waals surface area (Å²) in [5, 5.41) is 2.51. The van der Waals surface area contributed by atoms with E-state index in [1.807, 2.05) is 0 Å². The minimum absolute atomic E-state index is 0. The standard InChI is InChI=1S/C13H23P.C5H6.Fe/c1-12(2,3)14(13(4,5)6)11-9-7-8-10-11;1-2-4-5-3-1;/h7-9H,10H2,1-6H3;1-4H,5H2;. The molecule has 114 valence electrons. The fraction of sp³-hybridized carbons (Fsp3) is 0.556. The van der Waals surface area contributed by atoms with Gasteiger partial charge in [0.25, 0.3) is 0 Å². The van der Waals surface area contributed by atoms with Gasteiger partial charge in [-0.25, -0.2) is 0 Å². The minimum atomic E-state index is -0.0453. The average Bonchev–Trinajstić information content (AvgIpc) is 2.86. The minimum Gasteiger partial charge on any atom is -0.0808 e. The summed E-state index contributed by atoms with van der Waals surface area (Å²) in [6.45, 7) is 14.3. The fourth-order valence-corrected chi connectivity index (χ4v) is 7.12. The molecular formula is C18H29FeP. The predicted octanol–water partition coefficient (Wildman–Crippen LogP) is 6.41. The van der Waals surface area contributed by atoms with Gasteiger partial charge in [-0.15, -0.1) is 0 Å². The Kier molecular flexibility index (Phi) is 8.34. The Hall–Kier alpha value is -0.0905. The van der Waals surface area contributed by atoms with Crippen LogP contribution < -0.4 is 0 Å². The molecule has 2 heteroatoms. The maximum absolute atomic E-state index is 2.38. The van der Waals surface area contributed by atoms with E-state index in [-0.39, 0.29) is 25.0 Å². The Morgan fingerprint density at radius 3 is 1.55 bits per heavy atom. The van der Waals surface area contributed by atoms with Gasteiger partial charge in [-0.05, 0) is 28.5 Å². The SMILES string of the molecule is C1=CCC=C1.CC(C)(C)P(C1=CC=CC1)C(C)(C)C.[Fe]. The van der Waals surface area contributed by atoms with Crippen molar-refractivity contribution in [2.75, 3.05) is 0 Å². The van der Waals surface area contributed by atoms with Gasteiger partial charge in [-0.3, -0.25) is 0 Å². The zero-order valence-electron chi connectivity index (χ0n) is 13.8. The van der Waals surface area contributed by atoms with Gasteiger partial charge in [0, 0.05) is 17.1 Å². The molecule has 0 saturated heterocycles. The van der Waals surface area contributed by atoms with Gasteiger partial charge in [0.15, 0.2) is 0 Å². The van der Waals surface area contributed by atoms with E-state index in [1.165, 1.54) is 6.42 Å². The maximum atomic E-state index is 2.38. The molecule has 0 aromatic carbocycles. The summed E-state index contributed by atoms with van der Waals surface area (Å²) in [5.41, 5.74) is 0. The summed E-state index contributed by atoms with van der Waals surface area (Å²) < 4.78 is 0. The number of allylic oxidation sites excluding steroid dienone is 8. The van der Waals surface area contributed by atoms with Gasteiger partial charge >= 0.3 is 0 Å². The van der Waals surface area contributed by atoms with Crippen LogP contribution in [0.2, 0.25) is 0 Å². The zero-order chi connectivity index (χ0) is 14.5. The summed E-state index contributed by atoms with van der Waals surface area (Å²) in [6, 6.07) is 0. The van der Waals surface area contributed by atoms with E-state index in [2.05, 4.69) is 84.1 Å². The Balaban J connectivity index is 0.000000507. The number of hydrogen-bond acceptors (Lipinski definition) is 0. The Morgan fingerprint density at radius 1 is 0.800 bits per heavy atom. The van der Waals surface area contributed by atoms with Crippen molar-refractivity contribution in [2.45, 2.75) is 64.7 Å². The molecule has 0 unspecified atom stereocenters. The summed E-state index contributed by atoms with van der Waals surface area (Å²) in [4.78, 5) is 0. The van der Waals surface area contributed by atoms with E-state index in [0.717, 1.165) is 6.42 Å². The van der Waals surface area contributed by atoms with Crippen LogP contribution in [-0.4, -0.2) is 10.3 Å². The first-order valence-corrected chi connectivity index (χ1v) is 8.55. The molecule has 0 fully saturated rings. The monoisotopic (exact) mass is 332 g/mol. The average molecular weight is 332 g/mol. The molecule has 0 aromatic heterocycles. The molecule has 0 bridgehead atoms. The van der Waals surface area contributed by atoms with Gasteiger partial charge in [0.05, 0.1) is 0 Å². The molecule has 0 aromatic rings. The van der Waals surface area contributed by atoms with Gasteiger partial charge < -0.3 is 0 Å². The fourth-order valence-electron chi connectivity index (χ4n) is 2.86. The first kappa shape index (κ1) is 19.9. The smallest absolute Gasteiger partial charge is 0 e. The van der Waals surface area contributed by atoms with E-state index in [9.17, 15) is 0 Å². The van der Waals surface area contributed by atoms with Crippen molar-refractivity contribution in [1.82, 2.24) is 0 Å². The molecule has 0 amide bonds. The number of hydrogen-bond donors (Lipinski definition) is 0. The van der Waals surface area contributed by atoms with E-state index >= 15 is 0 Å². The Morgan fingerprint density at radius 2 is 1.30 bits per heavy atom. The molecule has 2 rings (SSSR count). The van der Waals surface area contributed by atoms with Crippen molar-refractivity contribution in [1.29, 1.82) is 0 Å². The van der Waals surface area contributed by atoms with Crippen LogP contribution in [0.1, 0.15) is 54.4 Å². The van der Waals surface area contributed by atoms with Crippen LogP contribution in [0, 0.1) is 0 Å². The van der Waals surface area contributed by atoms with E-state index in [1.54, 1.807) is 5.31 Å². The molecule has 0 heterocycles. The molecule has 2 aliphatic carbocycles. The van der Waals surface area contributed by atoms with Gasteiger partial charge in [0.1, 0.15) is 0 Å². The van der Waals surface area contributed by atoms with Gasteiger partial charge in [-0.2, -0.15) is 0 Å². The topological polar surface area (TPSA) is 0 Å². The summed E-state index contributed by atoms with van der Waals surface area (Å²) in [6.07, 6.45) is 17.5. The second kappa shape index (κ2) is 8.38. The van der Waals surface area contributed by atoms with Gasteiger partial charge in [-0.1, -0.05) is 92.0 Å². The van der Waals surface area contributed by atoms with Crippen molar-refractivity contribution in [3.63, 3.8) is 0 Å². The predicted molar refractivity (Wildman–Crippen MR) is 91.2 cm³/mol. The molecule has 0 radical (unpaired) electrons. The Bertz CT molecular complexity index is 376. The van der Waals surface area contributed by atoms with Crippen LogP contribution in [-0.2, 0) is 17.1 Å². The third-order valence-corrected chi connectivity index (χ3v) is 6.63. The van der Waals surface area contributed by atoms with Crippen molar-refractivity contribution in [3.05, 3.63) is 47.8 Å². The normalized spacial score (nSPS) is 16.9. The molecule has 0 N–H and O–H groups in total. The molecule has 20 heavy (non-hydrogen) atoms. The van der Waals surface area contributed by atoms with Crippen LogP contribution in [0.4, 0.5) is 0 Å². The summed E-state index contributed by atoms with van der Waals surface area (Å²) in [5.74, 6) is 0. The second-order valence-electron chi connectivity index (χ2n) is 7.06. The largest absolute Gasteiger partial charge is 0.0808 e. The van der Waals surface area contributed by atoms with Crippen molar-refractivity contribution in [2.24, 2.45) is 0 Å². The van der Waals surface area contributed by atoms with Crippen LogP contribution in [0.15, 0.2) is 47.8 Å². The van der Waals surface area contributed by atoms with Crippen molar-refractivity contribution >= 4 is 7.92 Å². The molecule has 0 aliphatic heterocycles. The van der Waals surface area contributed by atoms with Crippen molar-refractivity contribution < 1.29 is 17.1 Å². The second-order valence-corrected chi connectivity index (χ2v) is 11.0. The maximum Gasteiger partial charge on any atom is 0 e. The van der Waals surface area contributed by atoms with Crippen LogP contribution in [0.25, 0.3) is 0 Å². The molecule has 0 spiro atoms. The van der Waals surface area contributed by atoms with Crippen LogP contribution >= 0.6 is 7.92 Å². The van der Waals surface area contributed by atoms with Crippen LogP contribution in [0.3, 0.4) is 0 Å². The van der Waals surface area contributed by atoms with E-state index < -0.39 is 0 Å². The molecule has 2 aliphatic rings. The zero-order valence-corrected chi connectivity index (χ0v) is 15.8. The molecular weight excluding hydrogens is 303 g/mol. The molecule has 0 atom stereocenters. The summed E-state index contributed by atoms with van der Waals surface area (Å²) >= 11 is 0. The van der Waals surface area contributed by atoms with Gasteiger partial charge in [0.2, 0.25) is 0 Å². The summed E-state index contributed by atoms with van der Waals surface area (Å²) in [7, 11) is -0.0453. The quantitative estimate of drug-likeness (QED) is 0.384. The Labute approximate surface area is 137 Å². The van der Waals surface area contributed by atoms with Crippen molar-refractivity contribution in [3.8, 4) is 0 Å².